The molecule has 0 aliphatic rings. The second-order valence-corrected chi connectivity index (χ2v) is 5.49. The van der Waals surface area contributed by atoms with Gasteiger partial charge in [-0.1, -0.05) is 0 Å². The summed E-state index contributed by atoms with van der Waals surface area (Å²) in [6.45, 7) is 3.90. The van der Waals surface area contributed by atoms with Crippen molar-refractivity contribution in [3.63, 3.8) is 0 Å². The summed E-state index contributed by atoms with van der Waals surface area (Å²) < 4.78 is 7.59. The van der Waals surface area contributed by atoms with Gasteiger partial charge in [0.15, 0.2) is 4.96 Å². The maximum absolute atomic E-state index is 5.68. The smallest absolute Gasteiger partial charge is 0.193 e. The number of fused-ring (bicyclic) bond motifs is 1. The Morgan fingerprint density at radius 2 is 2.37 bits per heavy atom. The third-order valence-electron chi connectivity index (χ3n) is 3.21. The Bertz CT molecular complexity index is 668. The summed E-state index contributed by atoms with van der Waals surface area (Å²) in [4.78, 5) is 5.58. The van der Waals surface area contributed by atoms with Crippen LogP contribution in [-0.2, 0) is 6.42 Å². The molecule has 0 amide bonds. The molecule has 3 N–H and O–H groups in total. The summed E-state index contributed by atoms with van der Waals surface area (Å²) in [7, 11) is 0. The molecule has 3 aromatic heterocycles. The van der Waals surface area contributed by atoms with Gasteiger partial charge in [0.2, 0.25) is 0 Å². The number of hydrazine groups is 1. The van der Waals surface area contributed by atoms with E-state index in [1.165, 1.54) is 0 Å². The SMILES string of the molecule is Cc1cc(C(Cc2cn3ccsc3n2)NN)c(C)o1. The van der Waals surface area contributed by atoms with Crippen LogP contribution in [0.1, 0.15) is 28.8 Å². The number of imidazole rings is 1. The van der Waals surface area contributed by atoms with Crippen molar-refractivity contribution >= 4 is 16.3 Å². The molecule has 1 unspecified atom stereocenters. The fraction of sp³-hybridized carbons (Fsp3) is 0.308. The highest BCUT2D eigenvalue weighted by molar-refractivity contribution is 7.15. The fourth-order valence-corrected chi connectivity index (χ4v) is 3.06. The zero-order valence-corrected chi connectivity index (χ0v) is 11.7. The lowest BCUT2D eigenvalue weighted by Crippen LogP contribution is -2.29. The maximum atomic E-state index is 5.68. The molecule has 100 valence electrons. The van der Waals surface area contributed by atoms with Gasteiger partial charge in [-0.2, -0.15) is 0 Å². The summed E-state index contributed by atoms with van der Waals surface area (Å²) >= 11 is 1.63. The molecule has 19 heavy (non-hydrogen) atoms. The molecule has 0 aliphatic heterocycles. The zero-order chi connectivity index (χ0) is 13.4. The van der Waals surface area contributed by atoms with Gasteiger partial charge in [-0.3, -0.25) is 15.7 Å². The van der Waals surface area contributed by atoms with Gasteiger partial charge in [0.25, 0.3) is 0 Å². The monoisotopic (exact) mass is 276 g/mol. The maximum Gasteiger partial charge on any atom is 0.193 e. The van der Waals surface area contributed by atoms with Crippen molar-refractivity contribution in [1.29, 1.82) is 0 Å². The highest BCUT2D eigenvalue weighted by Crippen LogP contribution is 2.24. The minimum Gasteiger partial charge on any atom is -0.466 e. The summed E-state index contributed by atoms with van der Waals surface area (Å²) in [6, 6.07) is 2.04. The fourth-order valence-electron chi connectivity index (χ4n) is 2.34. The Balaban J connectivity index is 1.87. The van der Waals surface area contributed by atoms with Crippen molar-refractivity contribution in [3.05, 3.63) is 46.6 Å². The lowest BCUT2D eigenvalue weighted by molar-refractivity contribution is 0.483. The summed E-state index contributed by atoms with van der Waals surface area (Å²) in [5, 5.41) is 2.02. The van der Waals surface area contributed by atoms with Crippen LogP contribution in [0.5, 0.6) is 0 Å². The predicted molar refractivity (Wildman–Crippen MR) is 75.0 cm³/mol. The van der Waals surface area contributed by atoms with E-state index in [1.807, 2.05) is 42.1 Å². The first kappa shape index (κ1) is 12.4. The van der Waals surface area contributed by atoms with E-state index in [2.05, 4.69) is 10.4 Å². The first-order valence-electron chi connectivity index (χ1n) is 6.11. The Morgan fingerprint density at radius 3 is 3.00 bits per heavy atom. The van der Waals surface area contributed by atoms with Crippen LogP contribution in [0.25, 0.3) is 4.96 Å². The van der Waals surface area contributed by atoms with Crippen LogP contribution in [-0.4, -0.2) is 9.38 Å². The van der Waals surface area contributed by atoms with Crippen LogP contribution in [0, 0.1) is 13.8 Å². The molecular weight excluding hydrogens is 260 g/mol. The molecule has 1 atom stereocenters. The first-order chi connectivity index (χ1) is 9.17. The molecule has 3 aromatic rings. The largest absolute Gasteiger partial charge is 0.466 e. The van der Waals surface area contributed by atoms with E-state index in [9.17, 15) is 0 Å². The molecule has 0 aliphatic carbocycles. The highest BCUT2D eigenvalue weighted by atomic mass is 32.1. The molecule has 0 fully saturated rings. The highest BCUT2D eigenvalue weighted by Gasteiger charge is 2.18. The number of hydrogen-bond donors (Lipinski definition) is 2. The lowest BCUT2D eigenvalue weighted by atomic mass is 10.0. The molecule has 3 rings (SSSR count). The minimum absolute atomic E-state index is 0.0158. The number of thiazole rings is 1. The van der Waals surface area contributed by atoms with Crippen molar-refractivity contribution < 1.29 is 4.42 Å². The molecular formula is C13H16N4OS. The van der Waals surface area contributed by atoms with Crippen LogP contribution in [0.4, 0.5) is 0 Å². The number of hydrogen-bond acceptors (Lipinski definition) is 5. The normalized spacial score (nSPS) is 13.2. The first-order valence-corrected chi connectivity index (χ1v) is 6.99. The molecule has 0 bridgehead atoms. The molecule has 0 saturated heterocycles. The minimum atomic E-state index is 0.0158. The summed E-state index contributed by atoms with van der Waals surface area (Å²) in [5.41, 5.74) is 4.97. The van der Waals surface area contributed by atoms with Crippen molar-refractivity contribution in [2.24, 2.45) is 5.84 Å². The number of nitrogens with two attached hydrogens (primary N) is 1. The van der Waals surface area contributed by atoms with Gasteiger partial charge < -0.3 is 4.42 Å². The number of aromatic nitrogens is 2. The van der Waals surface area contributed by atoms with Crippen molar-refractivity contribution in [3.8, 4) is 0 Å². The number of rotatable bonds is 4. The third-order valence-corrected chi connectivity index (χ3v) is 3.98. The van der Waals surface area contributed by atoms with E-state index in [1.54, 1.807) is 11.3 Å². The molecule has 3 heterocycles. The van der Waals surface area contributed by atoms with Crippen LogP contribution in [0.3, 0.4) is 0 Å². The molecule has 0 radical (unpaired) electrons. The van der Waals surface area contributed by atoms with Gasteiger partial charge in [-0.25, -0.2) is 4.98 Å². The third kappa shape index (κ3) is 2.30. The van der Waals surface area contributed by atoms with Gasteiger partial charge in [0.05, 0.1) is 11.7 Å². The van der Waals surface area contributed by atoms with Gasteiger partial charge in [-0.05, 0) is 19.9 Å². The molecule has 5 nitrogen and oxygen atoms in total. The van der Waals surface area contributed by atoms with E-state index in [0.717, 1.165) is 34.2 Å². The lowest BCUT2D eigenvalue weighted by Gasteiger charge is -2.13. The van der Waals surface area contributed by atoms with Gasteiger partial charge in [-0.15, -0.1) is 11.3 Å². The van der Waals surface area contributed by atoms with Gasteiger partial charge >= 0.3 is 0 Å². The predicted octanol–water partition coefficient (Wildman–Crippen LogP) is 2.35. The molecule has 0 spiro atoms. The van der Waals surface area contributed by atoms with E-state index in [4.69, 9.17) is 10.3 Å². The Hall–Kier alpha value is -1.63. The van der Waals surface area contributed by atoms with Crippen molar-refractivity contribution in [2.75, 3.05) is 0 Å². The second-order valence-electron chi connectivity index (χ2n) is 4.62. The van der Waals surface area contributed by atoms with Crippen LogP contribution >= 0.6 is 11.3 Å². The molecule has 0 saturated carbocycles. The van der Waals surface area contributed by atoms with Crippen LogP contribution < -0.4 is 11.3 Å². The quantitative estimate of drug-likeness (QED) is 0.567. The Morgan fingerprint density at radius 1 is 1.53 bits per heavy atom. The topological polar surface area (TPSA) is 68.5 Å². The number of nitrogens with one attached hydrogen (secondary N) is 1. The van der Waals surface area contributed by atoms with Crippen LogP contribution in [0.15, 0.2) is 28.3 Å². The van der Waals surface area contributed by atoms with E-state index < -0.39 is 0 Å². The van der Waals surface area contributed by atoms with E-state index in [0.29, 0.717) is 0 Å². The van der Waals surface area contributed by atoms with Gasteiger partial charge in [0.1, 0.15) is 11.5 Å². The Labute approximate surface area is 115 Å². The Kier molecular flexibility index (Phi) is 3.14. The molecule has 6 heteroatoms. The van der Waals surface area contributed by atoms with Crippen molar-refractivity contribution in [2.45, 2.75) is 26.3 Å². The standard InChI is InChI=1S/C13H16N4OS/c1-8-5-11(9(2)18-8)12(16-14)6-10-7-17-3-4-19-13(17)15-10/h3-5,7,12,16H,6,14H2,1-2H3. The number of furan rings is 1. The summed E-state index contributed by atoms with van der Waals surface area (Å²) in [6.07, 6.45) is 4.79. The average molecular weight is 276 g/mol. The van der Waals surface area contributed by atoms with E-state index >= 15 is 0 Å². The summed E-state index contributed by atoms with van der Waals surface area (Å²) in [5.74, 6) is 7.48. The molecule has 0 aromatic carbocycles. The van der Waals surface area contributed by atoms with Crippen LogP contribution in [0.2, 0.25) is 0 Å². The van der Waals surface area contributed by atoms with E-state index in [-0.39, 0.29) is 6.04 Å². The zero-order valence-electron chi connectivity index (χ0n) is 10.9. The number of nitrogens with zero attached hydrogens (tertiary/aromatic N) is 2. The number of aryl methyl sites for hydroxylation is 2. The van der Waals surface area contributed by atoms with Gasteiger partial charge in [0, 0.05) is 29.8 Å². The van der Waals surface area contributed by atoms with Crippen molar-refractivity contribution in [1.82, 2.24) is 14.8 Å². The average Bonchev–Trinajstić information content (AvgIpc) is 3.00. The second kappa shape index (κ2) is 4.80.